The number of para-hydroxylation sites is 1. The van der Waals surface area contributed by atoms with Gasteiger partial charge in [0.05, 0.1) is 0 Å². The molecule has 1 atom stereocenters. The lowest BCUT2D eigenvalue weighted by Gasteiger charge is -2.32. The number of nitrogens with zero attached hydrogens (tertiary/aromatic N) is 1. The molecule has 2 aromatic rings. The van der Waals surface area contributed by atoms with Crippen LogP contribution in [0.5, 0.6) is 5.75 Å². The van der Waals surface area contributed by atoms with E-state index in [0.717, 1.165) is 22.1 Å². The quantitative estimate of drug-likeness (QED) is 0.690. The average molecular weight is 447 g/mol. The summed E-state index contributed by atoms with van der Waals surface area (Å²) in [5, 5.41) is 5.18. The molecule has 2 N–H and O–H groups in total. The van der Waals surface area contributed by atoms with Gasteiger partial charge in [0.2, 0.25) is 5.91 Å². The fourth-order valence-corrected chi connectivity index (χ4v) is 4.11. The number of urea groups is 1. The summed E-state index contributed by atoms with van der Waals surface area (Å²) in [6.45, 7) is -0.788. The number of carbonyl (C=O) groups is 3. The van der Waals surface area contributed by atoms with Crippen molar-refractivity contribution in [1.29, 1.82) is 0 Å². The minimum atomic E-state index is -4.87. The van der Waals surface area contributed by atoms with Gasteiger partial charge in [0.15, 0.2) is 0 Å². The van der Waals surface area contributed by atoms with Gasteiger partial charge < -0.3 is 15.4 Å². The van der Waals surface area contributed by atoms with Crippen LogP contribution in [0.2, 0.25) is 0 Å². The van der Waals surface area contributed by atoms with Gasteiger partial charge in [-0.15, -0.1) is 13.2 Å². The molecule has 1 heterocycles. The molecule has 32 heavy (non-hydrogen) atoms. The van der Waals surface area contributed by atoms with E-state index in [9.17, 15) is 27.6 Å². The first kappa shape index (κ1) is 21.7. The van der Waals surface area contributed by atoms with Gasteiger partial charge >= 0.3 is 12.4 Å². The molecule has 7 nitrogen and oxygen atoms in total. The van der Waals surface area contributed by atoms with E-state index in [1.54, 1.807) is 0 Å². The molecule has 0 bridgehead atoms. The van der Waals surface area contributed by atoms with Crippen LogP contribution in [0.4, 0.5) is 18.0 Å². The Morgan fingerprint density at radius 2 is 1.78 bits per heavy atom. The van der Waals surface area contributed by atoms with Crippen LogP contribution in [0.1, 0.15) is 23.1 Å². The topological polar surface area (TPSA) is 87.7 Å². The summed E-state index contributed by atoms with van der Waals surface area (Å²) in [5.74, 6) is -1.59. The lowest BCUT2D eigenvalue weighted by molar-refractivity contribution is -0.274. The summed E-state index contributed by atoms with van der Waals surface area (Å²) < 4.78 is 41.6. The van der Waals surface area contributed by atoms with Crippen molar-refractivity contribution in [2.75, 3.05) is 6.54 Å². The third-order valence-electron chi connectivity index (χ3n) is 5.65. The molecule has 2 aliphatic rings. The highest BCUT2D eigenvalue weighted by atomic mass is 19.4. The molecule has 1 aliphatic carbocycles. The number of imide groups is 1. The number of amides is 4. The Bertz CT molecular complexity index is 1070. The van der Waals surface area contributed by atoms with Crippen molar-refractivity contribution in [3.05, 3.63) is 65.2 Å². The minimum absolute atomic E-state index is 0.107. The van der Waals surface area contributed by atoms with E-state index in [1.165, 1.54) is 18.2 Å². The number of ether oxygens (including phenoxy) is 1. The maximum atomic E-state index is 13.0. The molecule has 1 aliphatic heterocycles. The number of rotatable bonds is 5. The Morgan fingerprint density at radius 1 is 1.09 bits per heavy atom. The second kappa shape index (κ2) is 8.18. The van der Waals surface area contributed by atoms with Gasteiger partial charge in [0.25, 0.3) is 5.91 Å². The Morgan fingerprint density at radius 3 is 2.53 bits per heavy atom. The van der Waals surface area contributed by atoms with Crippen LogP contribution in [-0.2, 0) is 29.0 Å². The van der Waals surface area contributed by atoms with E-state index < -0.39 is 42.0 Å². The van der Waals surface area contributed by atoms with Gasteiger partial charge in [-0.25, -0.2) is 4.79 Å². The van der Waals surface area contributed by atoms with Crippen molar-refractivity contribution in [2.45, 2.75) is 37.7 Å². The maximum Gasteiger partial charge on any atom is 0.573 e. The van der Waals surface area contributed by atoms with Crippen molar-refractivity contribution >= 4 is 17.8 Å². The van der Waals surface area contributed by atoms with Gasteiger partial charge in [-0.2, -0.15) is 0 Å². The molecule has 4 amide bonds. The molecule has 0 radical (unpaired) electrons. The summed E-state index contributed by atoms with van der Waals surface area (Å²) >= 11 is 0. The van der Waals surface area contributed by atoms with E-state index in [4.69, 9.17) is 0 Å². The smallest absolute Gasteiger partial charge is 0.405 e. The van der Waals surface area contributed by atoms with Crippen LogP contribution in [0.25, 0.3) is 0 Å². The molecule has 0 saturated carbocycles. The number of carbonyl (C=O) groups excluding carboxylic acids is 3. The largest absolute Gasteiger partial charge is 0.573 e. The third-order valence-corrected chi connectivity index (χ3v) is 5.65. The van der Waals surface area contributed by atoms with Crippen LogP contribution < -0.4 is 15.4 Å². The molecule has 1 unspecified atom stereocenters. The molecule has 1 fully saturated rings. The Balaban J connectivity index is 1.40. The fraction of sp³-hybridized carbons (Fsp3) is 0.318. The monoisotopic (exact) mass is 447 g/mol. The Hall–Kier alpha value is -3.56. The van der Waals surface area contributed by atoms with Crippen LogP contribution in [0, 0.1) is 0 Å². The van der Waals surface area contributed by atoms with Crippen LogP contribution >= 0.6 is 0 Å². The lowest BCUT2D eigenvalue weighted by Crippen LogP contribution is -2.51. The zero-order chi connectivity index (χ0) is 22.9. The summed E-state index contributed by atoms with van der Waals surface area (Å²) in [7, 11) is 0. The molecular formula is C22H20F3N3O4. The predicted octanol–water partition coefficient (Wildman–Crippen LogP) is 2.68. The number of benzene rings is 2. The van der Waals surface area contributed by atoms with E-state index in [0.29, 0.717) is 19.3 Å². The SMILES string of the molecule is O=C(CN1C(=O)NC2(CCc3ccccc3C2)C1=O)NCc1ccccc1OC(F)(F)F. The molecule has 0 aromatic heterocycles. The number of nitrogens with one attached hydrogen (secondary N) is 2. The summed E-state index contributed by atoms with van der Waals surface area (Å²) in [4.78, 5) is 38.7. The molecule has 1 spiro atoms. The molecule has 2 aromatic carbocycles. The molecular weight excluding hydrogens is 427 g/mol. The minimum Gasteiger partial charge on any atom is -0.405 e. The number of hydrogen-bond acceptors (Lipinski definition) is 4. The van der Waals surface area contributed by atoms with Crippen molar-refractivity contribution < 1.29 is 32.3 Å². The average Bonchev–Trinajstić information content (AvgIpc) is 2.96. The first-order chi connectivity index (χ1) is 15.2. The fourth-order valence-electron chi connectivity index (χ4n) is 4.11. The van der Waals surface area contributed by atoms with Gasteiger partial charge in [-0.05, 0) is 30.0 Å². The number of aryl methyl sites for hydroxylation is 1. The standard InChI is InChI=1S/C22H20F3N3O4/c23-22(24,25)32-17-8-4-3-7-16(17)12-26-18(29)13-28-19(30)21(27-20(28)31)10-9-14-5-1-2-6-15(14)11-21/h1-8H,9-13H2,(H,26,29)(H,27,31). The Kier molecular flexibility index (Phi) is 5.53. The lowest BCUT2D eigenvalue weighted by atomic mass is 9.78. The van der Waals surface area contributed by atoms with Crippen molar-refractivity contribution in [3.63, 3.8) is 0 Å². The molecule has 4 rings (SSSR count). The number of halogens is 3. The highest BCUT2D eigenvalue weighted by molar-refractivity contribution is 6.09. The van der Waals surface area contributed by atoms with Crippen molar-refractivity contribution in [2.24, 2.45) is 0 Å². The predicted molar refractivity (Wildman–Crippen MR) is 106 cm³/mol. The van der Waals surface area contributed by atoms with Gasteiger partial charge in [-0.1, -0.05) is 42.5 Å². The maximum absolute atomic E-state index is 13.0. The van der Waals surface area contributed by atoms with Gasteiger partial charge in [0.1, 0.15) is 17.8 Å². The number of hydrogen-bond donors (Lipinski definition) is 2. The Labute approximate surface area is 181 Å². The normalized spacial score (nSPS) is 20.2. The van der Waals surface area contributed by atoms with Crippen LogP contribution in [0.3, 0.4) is 0 Å². The van der Waals surface area contributed by atoms with Gasteiger partial charge in [0, 0.05) is 18.5 Å². The molecule has 10 heteroatoms. The first-order valence-electron chi connectivity index (χ1n) is 9.98. The molecule has 168 valence electrons. The highest BCUT2D eigenvalue weighted by Gasteiger charge is 2.52. The summed E-state index contributed by atoms with van der Waals surface area (Å²) in [5.41, 5.74) is 1.12. The highest BCUT2D eigenvalue weighted by Crippen LogP contribution is 2.33. The first-order valence-corrected chi connectivity index (χ1v) is 9.98. The number of fused-ring (bicyclic) bond motifs is 1. The van der Waals surface area contributed by atoms with E-state index in [1.807, 2.05) is 24.3 Å². The summed E-state index contributed by atoms with van der Waals surface area (Å²) in [6, 6.07) is 12.4. The zero-order valence-electron chi connectivity index (χ0n) is 16.9. The zero-order valence-corrected chi connectivity index (χ0v) is 16.9. The van der Waals surface area contributed by atoms with Crippen LogP contribution in [-0.4, -0.2) is 41.2 Å². The van der Waals surface area contributed by atoms with E-state index in [2.05, 4.69) is 15.4 Å². The van der Waals surface area contributed by atoms with Crippen molar-refractivity contribution in [1.82, 2.24) is 15.5 Å². The second-order valence-corrected chi connectivity index (χ2v) is 7.78. The molecule has 1 saturated heterocycles. The van der Waals surface area contributed by atoms with Crippen molar-refractivity contribution in [3.8, 4) is 5.75 Å². The third kappa shape index (κ3) is 4.39. The second-order valence-electron chi connectivity index (χ2n) is 7.78. The van der Waals surface area contributed by atoms with E-state index in [-0.39, 0.29) is 12.1 Å². The van der Waals surface area contributed by atoms with Gasteiger partial charge in [-0.3, -0.25) is 14.5 Å². The number of alkyl halides is 3. The van der Waals surface area contributed by atoms with E-state index >= 15 is 0 Å². The van der Waals surface area contributed by atoms with Crippen LogP contribution in [0.15, 0.2) is 48.5 Å². The summed E-state index contributed by atoms with van der Waals surface area (Å²) in [6.07, 6.45) is -3.48.